The number of pyridine rings is 2. The van der Waals surface area contributed by atoms with Gasteiger partial charge in [-0.05, 0) is 43.2 Å². The van der Waals surface area contributed by atoms with Crippen LogP contribution in [0.3, 0.4) is 0 Å². The van der Waals surface area contributed by atoms with Crippen LogP contribution in [0.25, 0.3) is 21.8 Å². The summed E-state index contributed by atoms with van der Waals surface area (Å²) >= 11 is 0. The fourth-order valence-corrected chi connectivity index (χ4v) is 2.20. The van der Waals surface area contributed by atoms with Crippen molar-refractivity contribution in [3.05, 3.63) is 47.8 Å². The molecule has 17 heavy (non-hydrogen) atoms. The minimum Gasteiger partial charge on any atom is -0.256 e. The van der Waals surface area contributed by atoms with E-state index in [1.54, 1.807) is 0 Å². The van der Waals surface area contributed by atoms with E-state index in [1.165, 1.54) is 16.5 Å². The van der Waals surface area contributed by atoms with Crippen LogP contribution >= 0.6 is 0 Å². The maximum atomic E-state index is 4.47. The number of fused-ring (bicyclic) bond motifs is 3. The Morgan fingerprint density at radius 2 is 1.35 bits per heavy atom. The zero-order chi connectivity index (χ0) is 11.1. The number of hydrogen-bond donors (Lipinski definition) is 0. The molecule has 0 N–H and O–H groups in total. The molecule has 0 radical (unpaired) electrons. The van der Waals surface area contributed by atoms with Gasteiger partial charge in [0.15, 0.2) is 0 Å². The van der Waals surface area contributed by atoms with Gasteiger partial charge in [0, 0.05) is 40.2 Å². The molecule has 0 fully saturated rings. The molecule has 3 rings (SSSR count). The van der Waals surface area contributed by atoms with Crippen molar-refractivity contribution in [2.75, 3.05) is 0 Å². The Kier molecular flexibility index (Phi) is 3.14. The van der Waals surface area contributed by atoms with Crippen LogP contribution in [0.2, 0.25) is 0 Å². The molecule has 3 aromatic rings. The van der Waals surface area contributed by atoms with Crippen LogP contribution < -0.4 is 0 Å². The summed E-state index contributed by atoms with van der Waals surface area (Å²) in [5.74, 6) is 0. The Labute approximate surface area is 111 Å². The Morgan fingerprint density at radius 3 is 2.06 bits per heavy atom. The third-order valence-corrected chi connectivity index (χ3v) is 3.19. The van der Waals surface area contributed by atoms with Gasteiger partial charge in [0.25, 0.3) is 0 Å². The molecule has 0 bridgehead atoms. The number of rotatable bonds is 0. The second-order valence-corrected chi connectivity index (χ2v) is 4.05. The Morgan fingerprint density at radius 1 is 0.765 bits per heavy atom. The summed E-state index contributed by atoms with van der Waals surface area (Å²) in [6.07, 6.45) is 3.67. The van der Waals surface area contributed by atoms with Gasteiger partial charge in [-0.1, -0.05) is 6.07 Å². The second-order valence-electron chi connectivity index (χ2n) is 4.05. The molecule has 0 aliphatic carbocycles. The van der Waals surface area contributed by atoms with Gasteiger partial charge in [-0.25, -0.2) is 0 Å². The minimum absolute atomic E-state index is 0. The first-order valence-corrected chi connectivity index (χ1v) is 5.37. The molecule has 0 saturated carbocycles. The fourth-order valence-electron chi connectivity index (χ4n) is 2.20. The minimum atomic E-state index is 0. The van der Waals surface area contributed by atoms with Crippen molar-refractivity contribution in [2.45, 2.75) is 13.8 Å². The molecule has 0 aliphatic heterocycles. The van der Waals surface area contributed by atoms with Gasteiger partial charge in [-0.2, -0.15) is 0 Å². The van der Waals surface area contributed by atoms with E-state index in [4.69, 9.17) is 0 Å². The number of aromatic nitrogens is 2. The van der Waals surface area contributed by atoms with E-state index in [9.17, 15) is 0 Å². The second kappa shape index (κ2) is 4.44. The van der Waals surface area contributed by atoms with Crippen molar-refractivity contribution in [1.82, 2.24) is 9.97 Å². The quantitative estimate of drug-likeness (QED) is 0.459. The van der Waals surface area contributed by atoms with Gasteiger partial charge in [0.05, 0.1) is 11.0 Å². The summed E-state index contributed by atoms with van der Waals surface area (Å²) < 4.78 is 0. The van der Waals surface area contributed by atoms with E-state index in [0.29, 0.717) is 0 Å². The average molecular weight is 264 g/mol. The fraction of sp³-hybridized carbons (Fsp3) is 0.143. The molecule has 2 aromatic heterocycles. The summed E-state index contributed by atoms with van der Waals surface area (Å²) in [5, 5.41) is 2.36. The zero-order valence-electron chi connectivity index (χ0n) is 9.71. The first kappa shape index (κ1) is 12.0. The van der Waals surface area contributed by atoms with E-state index in [0.717, 1.165) is 16.4 Å². The predicted octanol–water partition coefficient (Wildman–Crippen LogP) is 3.40. The largest absolute Gasteiger partial charge is 0.256 e. The summed E-state index contributed by atoms with van der Waals surface area (Å²) in [6.45, 7) is 4.25. The molecule has 0 saturated heterocycles. The molecular weight excluding hydrogens is 252 g/mol. The molecule has 2 heterocycles. The van der Waals surface area contributed by atoms with Gasteiger partial charge < -0.3 is 0 Å². The van der Waals surface area contributed by atoms with E-state index < -0.39 is 0 Å². The normalized spacial score (nSPS) is 10.5. The van der Waals surface area contributed by atoms with Crippen molar-refractivity contribution in [1.29, 1.82) is 0 Å². The van der Waals surface area contributed by atoms with Gasteiger partial charge in [0.2, 0.25) is 0 Å². The summed E-state index contributed by atoms with van der Waals surface area (Å²) in [6, 6.07) is 8.16. The molecular formula is C14H12FeN2. The van der Waals surface area contributed by atoms with E-state index in [1.807, 2.05) is 24.5 Å². The summed E-state index contributed by atoms with van der Waals surface area (Å²) in [5.41, 5.74) is 4.63. The molecule has 0 amide bonds. The van der Waals surface area contributed by atoms with Crippen LogP contribution in [0.4, 0.5) is 0 Å². The van der Waals surface area contributed by atoms with Gasteiger partial charge in [0.1, 0.15) is 0 Å². The number of benzene rings is 1. The van der Waals surface area contributed by atoms with Crippen molar-refractivity contribution in [3.63, 3.8) is 0 Å². The Balaban J connectivity index is 0.00000108. The van der Waals surface area contributed by atoms with Crippen molar-refractivity contribution < 1.29 is 17.1 Å². The van der Waals surface area contributed by atoms with Gasteiger partial charge >= 0.3 is 0 Å². The Bertz CT molecular complexity index is 631. The molecule has 86 valence electrons. The number of aryl methyl sites for hydroxylation is 2. The van der Waals surface area contributed by atoms with E-state index in [-0.39, 0.29) is 17.1 Å². The third kappa shape index (κ3) is 1.72. The average Bonchev–Trinajstić information content (AvgIpc) is 2.36. The molecule has 0 unspecified atom stereocenters. The maximum Gasteiger partial charge on any atom is 0.0798 e. The van der Waals surface area contributed by atoms with Crippen LogP contribution in [0.15, 0.2) is 36.7 Å². The van der Waals surface area contributed by atoms with Crippen molar-refractivity contribution in [3.8, 4) is 0 Å². The molecule has 0 spiro atoms. The van der Waals surface area contributed by atoms with Crippen LogP contribution in [0.1, 0.15) is 11.1 Å². The van der Waals surface area contributed by atoms with Gasteiger partial charge in [-0.3, -0.25) is 9.97 Å². The van der Waals surface area contributed by atoms with Crippen LogP contribution in [-0.2, 0) is 17.1 Å². The van der Waals surface area contributed by atoms with Crippen LogP contribution in [0.5, 0.6) is 0 Å². The van der Waals surface area contributed by atoms with Crippen LogP contribution in [-0.4, -0.2) is 9.97 Å². The van der Waals surface area contributed by atoms with Crippen LogP contribution in [0, 0.1) is 13.8 Å². The predicted molar refractivity (Wildman–Crippen MR) is 66.5 cm³/mol. The molecule has 0 atom stereocenters. The SMILES string of the molecule is Cc1c(C)c2ncccc2c2ncccc12.[Fe]. The molecule has 2 nitrogen and oxygen atoms in total. The standard InChI is InChI=1S/C14H12N2.Fe/c1-9-10(2)13-12(6-4-7-15-13)14-11(9)5-3-8-16-14;/h3-8H,1-2H3;. The number of hydrogen-bond acceptors (Lipinski definition) is 2. The third-order valence-electron chi connectivity index (χ3n) is 3.19. The summed E-state index contributed by atoms with van der Waals surface area (Å²) in [4.78, 5) is 8.92. The topological polar surface area (TPSA) is 25.8 Å². The van der Waals surface area contributed by atoms with Crippen molar-refractivity contribution in [2.24, 2.45) is 0 Å². The monoisotopic (exact) mass is 264 g/mol. The molecule has 0 aliphatic rings. The summed E-state index contributed by atoms with van der Waals surface area (Å²) in [7, 11) is 0. The molecule has 3 heteroatoms. The van der Waals surface area contributed by atoms with E-state index >= 15 is 0 Å². The smallest absolute Gasteiger partial charge is 0.0798 e. The van der Waals surface area contributed by atoms with Crippen molar-refractivity contribution >= 4 is 21.8 Å². The first-order valence-electron chi connectivity index (χ1n) is 5.37. The van der Waals surface area contributed by atoms with Gasteiger partial charge in [-0.15, -0.1) is 0 Å². The Hall–Kier alpha value is -1.44. The van der Waals surface area contributed by atoms with E-state index in [2.05, 4.69) is 35.9 Å². The zero-order valence-corrected chi connectivity index (χ0v) is 10.8. The maximum absolute atomic E-state index is 4.47. The molecule has 1 aromatic carbocycles. The first-order chi connectivity index (χ1) is 7.79. The number of nitrogens with zero attached hydrogens (tertiary/aromatic N) is 2.